The van der Waals surface area contributed by atoms with Crippen molar-refractivity contribution in [1.29, 1.82) is 0 Å². The van der Waals surface area contributed by atoms with Gasteiger partial charge in [-0.3, -0.25) is 9.59 Å². The van der Waals surface area contributed by atoms with Crippen LogP contribution in [0.1, 0.15) is 92.7 Å². The highest BCUT2D eigenvalue weighted by atomic mass is 32.1. The summed E-state index contributed by atoms with van der Waals surface area (Å²) in [6, 6.07) is 14.8. The standard InChI is InChI=1S/C31H40N6O2S/c1-19(15-24(23-10-7-9-21(18-38)33-23)34-26-11-8-12-27(40)36-26)20-16-31(5,6)37(17-20)29-22(28(32)39)13-14-25(35-29)30(2,3)4/h7-14,18-20,24H,15-17H2,1-6H3,(H2,32,39)(H2,34,36,40). The molecule has 1 fully saturated rings. The highest BCUT2D eigenvalue weighted by Gasteiger charge is 2.43. The van der Waals surface area contributed by atoms with Crippen LogP contribution in [-0.4, -0.2) is 39.2 Å². The fourth-order valence-corrected chi connectivity index (χ4v) is 5.77. The van der Waals surface area contributed by atoms with Gasteiger partial charge in [0.1, 0.15) is 22.0 Å². The van der Waals surface area contributed by atoms with Crippen molar-refractivity contribution in [2.75, 3.05) is 16.8 Å². The molecule has 3 aromatic heterocycles. The fraction of sp³-hybridized carbons (Fsp3) is 0.452. The first-order chi connectivity index (χ1) is 18.8. The van der Waals surface area contributed by atoms with Gasteiger partial charge < -0.3 is 20.9 Å². The van der Waals surface area contributed by atoms with Crippen LogP contribution in [0.25, 0.3) is 0 Å². The Morgan fingerprint density at radius 3 is 2.58 bits per heavy atom. The molecule has 1 amide bonds. The maximum absolute atomic E-state index is 12.4. The van der Waals surface area contributed by atoms with E-state index in [2.05, 4.69) is 61.7 Å². The molecule has 4 heterocycles. The maximum atomic E-state index is 12.4. The SMILES string of the molecule is CC(CC(Nc1cccc(=S)[nH]1)c1cccc(C=O)n1)C1CN(c2nc(C(C)(C)C)ccc2C(N)=O)C(C)(C)C1. The minimum Gasteiger partial charge on any atom is -0.365 e. The van der Waals surface area contributed by atoms with Gasteiger partial charge in [-0.2, -0.15) is 0 Å². The smallest absolute Gasteiger partial charge is 0.252 e. The Balaban J connectivity index is 1.63. The van der Waals surface area contributed by atoms with Gasteiger partial charge >= 0.3 is 0 Å². The lowest BCUT2D eigenvalue weighted by Crippen LogP contribution is -2.40. The molecule has 0 spiro atoms. The molecule has 40 heavy (non-hydrogen) atoms. The second-order valence-corrected chi connectivity index (χ2v) is 13.0. The molecule has 0 saturated carbocycles. The lowest BCUT2D eigenvalue weighted by atomic mass is 9.83. The molecule has 3 atom stereocenters. The summed E-state index contributed by atoms with van der Waals surface area (Å²) < 4.78 is 0.634. The number of nitrogens with zero attached hydrogens (tertiary/aromatic N) is 3. The summed E-state index contributed by atoms with van der Waals surface area (Å²) in [6.45, 7) is 13.7. The third-order valence-electron chi connectivity index (χ3n) is 7.85. The number of anilines is 2. The van der Waals surface area contributed by atoms with Crippen LogP contribution in [0.2, 0.25) is 0 Å². The molecule has 0 radical (unpaired) electrons. The maximum Gasteiger partial charge on any atom is 0.252 e. The number of hydrogen-bond donors (Lipinski definition) is 3. The molecule has 4 N–H and O–H groups in total. The molecule has 0 aromatic carbocycles. The number of primary amides is 1. The number of carbonyl (C=O) groups is 2. The first kappa shape index (κ1) is 29.4. The van der Waals surface area contributed by atoms with Gasteiger partial charge in [-0.05, 0) is 74.9 Å². The lowest BCUT2D eigenvalue weighted by Gasteiger charge is -2.34. The number of H-pyrrole nitrogens is 1. The quantitative estimate of drug-likeness (QED) is 0.210. The van der Waals surface area contributed by atoms with Crippen molar-refractivity contribution in [3.63, 3.8) is 0 Å². The average Bonchev–Trinajstić information content (AvgIpc) is 3.22. The summed E-state index contributed by atoms with van der Waals surface area (Å²) in [4.78, 5) is 38.9. The molecule has 4 rings (SSSR count). The minimum atomic E-state index is -0.471. The van der Waals surface area contributed by atoms with Crippen molar-refractivity contribution in [1.82, 2.24) is 15.0 Å². The van der Waals surface area contributed by atoms with Gasteiger partial charge in [0, 0.05) is 23.2 Å². The van der Waals surface area contributed by atoms with E-state index in [-0.39, 0.29) is 22.9 Å². The van der Waals surface area contributed by atoms with E-state index in [0.29, 0.717) is 27.6 Å². The molecule has 3 unspecified atom stereocenters. The first-order valence-electron chi connectivity index (χ1n) is 13.8. The molecule has 9 heteroatoms. The van der Waals surface area contributed by atoms with E-state index in [1.165, 1.54) is 0 Å². The molecule has 1 aliphatic rings. The highest BCUT2D eigenvalue weighted by molar-refractivity contribution is 7.71. The van der Waals surface area contributed by atoms with Gasteiger partial charge in [-0.15, -0.1) is 0 Å². The van der Waals surface area contributed by atoms with Crippen molar-refractivity contribution < 1.29 is 9.59 Å². The van der Waals surface area contributed by atoms with E-state index in [4.69, 9.17) is 22.9 Å². The predicted octanol–water partition coefficient (Wildman–Crippen LogP) is 6.23. The third-order valence-corrected chi connectivity index (χ3v) is 8.09. The predicted molar refractivity (Wildman–Crippen MR) is 162 cm³/mol. The van der Waals surface area contributed by atoms with E-state index in [9.17, 15) is 9.59 Å². The van der Waals surface area contributed by atoms with E-state index in [1.807, 2.05) is 42.5 Å². The summed E-state index contributed by atoms with van der Waals surface area (Å²) in [7, 11) is 0. The zero-order chi connectivity index (χ0) is 29.2. The van der Waals surface area contributed by atoms with Crippen LogP contribution in [0.4, 0.5) is 11.6 Å². The molecule has 212 valence electrons. The molecule has 1 saturated heterocycles. The Morgan fingerprint density at radius 1 is 1.20 bits per heavy atom. The molecule has 3 aromatic rings. The van der Waals surface area contributed by atoms with Crippen LogP contribution in [-0.2, 0) is 5.41 Å². The Kier molecular flexibility index (Phi) is 8.44. The number of aromatic amines is 1. The van der Waals surface area contributed by atoms with E-state index < -0.39 is 5.91 Å². The van der Waals surface area contributed by atoms with Crippen molar-refractivity contribution in [2.45, 2.75) is 71.4 Å². The number of amides is 1. The lowest BCUT2D eigenvalue weighted by molar-refractivity contribution is 0.0999. The number of carbonyl (C=O) groups excluding carboxylic acids is 2. The van der Waals surface area contributed by atoms with Gasteiger partial charge in [-0.1, -0.05) is 52.0 Å². The monoisotopic (exact) mass is 560 g/mol. The Hall–Kier alpha value is -3.59. The van der Waals surface area contributed by atoms with Crippen LogP contribution < -0.4 is 16.0 Å². The largest absolute Gasteiger partial charge is 0.365 e. The summed E-state index contributed by atoms with van der Waals surface area (Å²) in [5.41, 5.74) is 7.98. The molecule has 0 bridgehead atoms. The van der Waals surface area contributed by atoms with Crippen LogP contribution >= 0.6 is 12.2 Å². The highest BCUT2D eigenvalue weighted by Crippen LogP contribution is 2.43. The van der Waals surface area contributed by atoms with Crippen molar-refractivity contribution in [3.05, 3.63) is 75.8 Å². The summed E-state index contributed by atoms with van der Waals surface area (Å²) in [6.07, 6.45) is 2.47. The Bertz CT molecular complexity index is 1440. The summed E-state index contributed by atoms with van der Waals surface area (Å²) in [5.74, 6) is 1.58. The number of hydrogen-bond acceptors (Lipinski definition) is 7. The number of nitrogens with one attached hydrogen (secondary N) is 2. The van der Waals surface area contributed by atoms with Gasteiger partial charge in [-0.25, -0.2) is 9.97 Å². The van der Waals surface area contributed by atoms with Crippen molar-refractivity contribution in [2.24, 2.45) is 17.6 Å². The van der Waals surface area contributed by atoms with Crippen LogP contribution in [0.3, 0.4) is 0 Å². The summed E-state index contributed by atoms with van der Waals surface area (Å²) >= 11 is 5.33. The number of aldehydes is 1. The first-order valence-corrected chi connectivity index (χ1v) is 14.2. The Labute approximate surface area is 241 Å². The third kappa shape index (κ3) is 6.58. The van der Waals surface area contributed by atoms with Gasteiger partial charge in [0.05, 0.1) is 17.3 Å². The Morgan fingerprint density at radius 2 is 1.93 bits per heavy atom. The number of aromatic nitrogens is 3. The fourth-order valence-electron chi connectivity index (χ4n) is 5.58. The molecular formula is C31H40N6O2S. The normalized spacial score (nSPS) is 18.2. The molecule has 0 aliphatic carbocycles. The van der Waals surface area contributed by atoms with Crippen molar-refractivity contribution >= 4 is 36.0 Å². The summed E-state index contributed by atoms with van der Waals surface area (Å²) in [5, 5.41) is 3.57. The van der Waals surface area contributed by atoms with Crippen LogP contribution in [0.5, 0.6) is 0 Å². The van der Waals surface area contributed by atoms with E-state index in [1.54, 1.807) is 6.07 Å². The second kappa shape index (κ2) is 11.5. The molecule has 8 nitrogen and oxygen atoms in total. The number of pyridine rings is 3. The van der Waals surface area contributed by atoms with Gasteiger partial charge in [0.25, 0.3) is 5.91 Å². The van der Waals surface area contributed by atoms with Gasteiger partial charge in [0.15, 0.2) is 6.29 Å². The average molecular weight is 561 g/mol. The zero-order valence-electron chi connectivity index (χ0n) is 24.2. The zero-order valence-corrected chi connectivity index (χ0v) is 25.0. The minimum absolute atomic E-state index is 0.149. The van der Waals surface area contributed by atoms with Crippen LogP contribution in [0.15, 0.2) is 48.5 Å². The van der Waals surface area contributed by atoms with E-state index >= 15 is 0 Å². The molecular weight excluding hydrogens is 520 g/mol. The van der Waals surface area contributed by atoms with E-state index in [0.717, 1.165) is 42.9 Å². The van der Waals surface area contributed by atoms with Crippen molar-refractivity contribution in [3.8, 4) is 0 Å². The molecule has 1 aliphatic heterocycles. The second-order valence-electron chi connectivity index (χ2n) is 12.5. The van der Waals surface area contributed by atoms with Gasteiger partial charge in [0.2, 0.25) is 0 Å². The topological polar surface area (TPSA) is 117 Å². The number of nitrogens with two attached hydrogens (primary N) is 1. The number of rotatable bonds is 9. The van der Waals surface area contributed by atoms with Crippen LogP contribution in [0, 0.1) is 16.5 Å².